The van der Waals surface area contributed by atoms with Gasteiger partial charge in [-0.05, 0) is 93.7 Å². The lowest BCUT2D eigenvalue weighted by atomic mass is 9.97. The summed E-state index contributed by atoms with van der Waals surface area (Å²) < 4.78 is 4.62. The van der Waals surface area contributed by atoms with Crippen LogP contribution in [0.1, 0.15) is 0 Å². The fourth-order valence-electron chi connectivity index (χ4n) is 9.05. The Labute approximate surface area is 334 Å². The summed E-state index contributed by atoms with van der Waals surface area (Å²) in [6.07, 6.45) is 0. The van der Waals surface area contributed by atoms with Gasteiger partial charge in [-0.3, -0.25) is 4.57 Å². The third kappa shape index (κ3) is 5.02. The van der Waals surface area contributed by atoms with E-state index < -0.39 is 0 Å². The lowest BCUT2D eigenvalue weighted by Gasteiger charge is -2.13. The van der Waals surface area contributed by atoms with Gasteiger partial charge in [-0.1, -0.05) is 146 Å². The molecule has 0 aliphatic heterocycles. The zero-order chi connectivity index (χ0) is 38.2. The van der Waals surface area contributed by atoms with E-state index >= 15 is 0 Å². The lowest BCUT2D eigenvalue weighted by Crippen LogP contribution is -2.03. The van der Waals surface area contributed by atoms with Gasteiger partial charge >= 0.3 is 0 Å². The average Bonchev–Trinajstić information content (AvgIpc) is 3.82. The van der Waals surface area contributed by atoms with Gasteiger partial charge < -0.3 is 4.57 Å². The van der Waals surface area contributed by atoms with Crippen LogP contribution in [0.5, 0.6) is 0 Å². The summed E-state index contributed by atoms with van der Waals surface area (Å²) in [7, 11) is 0. The van der Waals surface area contributed by atoms with Crippen molar-refractivity contribution >= 4 is 65.3 Å². The van der Waals surface area contributed by atoms with Crippen molar-refractivity contribution in [2.45, 2.75) is 0 Å². The number of benzene rings is 9. The van der Waals surface area contributed by atoms with Crippen molar-refractivity contribution in [2.75, 3.05) is 0 Å². The van der Waals surface area contributed by atoms with E-state index in [4.69, 9.17) is 9.97 Å². The first kappa shape index (κ1) is 32.4. The molecule has 0 aliphatic carbocycles. The molecule has 0 bridgehead atoms. The molecule has 12 aromatic rings. The predicted molar refractivity (Wildman–Crippen MR) is 242 cm³/mol. The summed E-state index contributed by atoms with van der Waals surface area (Å²) >= 11 is 0. The molecular weight excluding hydrogens is 705 g/mol. The molecule has 0 N–H and O–H groups in total. The van der Waals surface area contributed by atoms with E-state index in [0.29, 0.717) is 5.95 Å². The SMILES string of the molecule is c1ccc(-c2cccc(-c3nc(-n4c5ccccc5c5c6cc(-c7ccc8c(c7)c7ccccc7n8-c7ccccc7)ccc6ccc54)nc4ccccc34)c2)cc1. The average molecular weight is 739 g/mol. The zero-order valence-electron chi connectivity index (χ0n) is 31.4. The highest BCUT2D eigenvalue weighted by Crippen LogP contribution is 2.40. The second kappa shape index (κ2) is 12.9. The molecule has 0 spiro atoms. The largest absolute Gasteiger partial charge is 0.309 e. The van der Waals surface area contributed by atoms with E-state index in [1.165, 1.54) is 60.0 Å². The monoisotopic (exact) mass is 738 g/mol. The van der Waals surface area contributed by atoms with Crippen molar-refractivity contribution in [1.29, 1.82) is 0 Å². The Bertz CT molecular complexity index is 3560. The van der Waals surface area contributed by atoms with Crippen LogP contribution in [0.2, 0.25) is 0 Å². The predicted octanol–water partition coefficient (Wildman–Crippen LogP) is 14.0. The van der Waals surface area contributed by atoms with Gasteiger partial charge in [0.25, 0.3) is 0 Å². The number of hydrogen-bond acceptors (Lipinski definition) is 2. The van der Waals surface area contributed by atoms with E-state index in [2.05, 4.69) is 215 Å². The number of nitrogens with zero attached hydrogens (tertiary/aromatic N) is 4. The van der Waals surface area contributed by atoms with Crippen molar-refractivity contribution in [3.63, 3.8) is 0 Å². The topological polar surface area (TPSA) is 35.6 Å². The molecule has 270 valence electrons. The Morgan fingerprint density at radius 3 is 1.71 bits per heavy atom. The molecule has 9 aromatic carbocycles. The Kier molecular flexibility index (Phi) is 7.20. The third-order valence-corrected chi connectivity index (χ3v) is 11.7. The minimum absolute atomic E-state index is 0.653. The van der Waals surface area contributed by atoms with E-state index in [0.717, 1.165) is 44.4 Å². The van der Waals surface area contributed by atoms with Gasteiger partial charge in [0.2, 0.25) is 5.95 Å². The van der Waals surface area contributed by atoms with Crippen molar-refractivity contribution < 1.29 is 0 Å². The van der Waals surface area contributed by atoms with Crippen LogP contribution in [0.4, 0.5) is 0 Å². The van der Waals surface area contributed by atoms with Gasteiger partial charge in [0.15, 0.2) is 0 Å². The molecule has 0 aliphatic rings. The molecule has 3 heterocycles. The molecule has 4 nitrogen and oxygen atoms in total. The van der Waals surface area contributed by atoms with Crippen LogP contribution in [0.3, 0.4) is 0 Å². The van der Waals surface area contributed by atoms with Crippen LogP contribution >= 0.6 is 0 Å². The molecule has 4 heteroatoms. The number of hydrogen-bond donors (Lipinski definition) is 0. The Balaban J connectivity index is 1.06. The summed E-state index contributed by atoms with van der Waals surface area (Å²) in [5.41, 5.74) is 13.3. The first-order chi connectivity index (χ1) is 28.8. The maximum atomic E-state index is 5.42. The van der Waals surface area contributed by atoms with E-state index in [1.807, 2.05) is 0 Å². The normalized spacial score (nSPS) is 11.8. The van der Waals surface area contributed by atoms with Gasteiger partial charge in [-0.15, -0.1) is 0 Å². The van der Waals surface area contributed by atoms with Crippen molar-refractivity contribution in [3.05, 3.63) is 206 Å². The first-order valence-electron chi connectivity index (χ1n) is 19.7. The highest BCUT2D eigenvalue weighted by atomic mass is 15.2. The van der Waals surface area contributed by atoms with Gasteiger partial charge in [0, 0.05) is 38.2 Å². The molecular formula is C54H34N4. The molecule has 0 saturated heterocycles. The fourth-order valence-corrected chi connectivity index (χ4v) is 9.05. The Hall–Kier alpha value is -7.82. The summed E-state index contributed by atoms with van der Waals surface area (Å²) in [6.45, 7) is 0. The molecule has 0 fully saturated rings. The number of rotatable bonds is 5. The van der Waals surface area contributed by atoms with Crippen molar-refractivity contribution in [3.8, 4) is 45.1 Å². The summed E-state index contributed by atoms with van der Waals surface area (Å²) in [6, 6.07) is 73.8. The van der Waals surface area contributed by atoms with Crippen LogP contribution in [-0.4, -0.2) is 19.1 Å². The van der Waals surface area contributed by atoms with Crippen LogP contribution in [-0.2, 0) is 0 Å². The molecule has 12 rings (SSSR count). The molecule has 3 aromatic heterocycles. The number of aromatic nitrogens is 4. The van der Waals surface area contributed by atoms with Gasteiger partial charge in [0.05, 0.1) is 33.3 Å². The van der Waals surface area contributed by atoms with Gasteiger partial charge in [-0.25, -0.2) is 9.97 Å². The smallest absolute Gasteiger partial charge is 0.235 e. The van der Waals surface area contributed by atoms with Crippen LogP contribution in [0, 0.1) is 0 Å². The van der Waals surface area contributed by atoms with E-state index in [-0.39, 0.29) is 0 Å². The molecule has 0 radical (unpaired) electrons. The molecule has 0 unspecified atom stereocenters. The highest BCUT2D eigenvalue weighted by Gasteiger charge is 2.20. The van der Waals surface area contributed by atoms with E-state index in [1.54, 1.807) is 0 Å². The number of fused-ring (bicyclic) bond motifs is 9. The van der Waals surface area contributed by atoms with Crippen LogP contribution < -0.4 is 0 Å². The third-order valence-electron chi connectivity index (χ3n) is 11.7. The highest BCUT2D eigenvalue weighted by molar-refractivity contribution is 6.22. The minimum Gasteiger partial charge on any atom is -0.309 e. The van der Waals surface area contributed by atoms with Crippen molar-refractivity contribution in [1.82, 2.24) is 19.1 Å². The second-order valence-corrected chi connectivity index (χ2v) is 15.0. The fraction of sp³-hybridized carbons (Fsp3) is 0. The maximum absolute atomic E-state index is 5.42. The minimum atomic E-state index is 0.653. The van der Waals surface area contributed by atoms with Crippen LogP contribution in [0.25, 0.3) is 110 Å². The zero-order valence-corrected chi connectivity index (χ0v) is 31.4. The van der Waals surface area contributed by atoms with E-state index in [9.17, 15) is 0 Å². The molecule has 58 heavy (non-hydrogen) atoms. The molecule has 0 saturated carbocycles. The quantitative estimate of drug-likeness (QED) is 0.176. The van der Waals surface area contributed by atoms with Gasteiger partial charge in [-0.2, -0.15) is 0 Å². The molecule has 0 atom stereocenters. The molecule has 0 amide bonds. The lowest BCUT2D eigenvalue weighted by molar-refractivity contribution is 1.01. The summed E-state index contributed by atoms with van der Waals surface area (Å²) in [5.74, 6) is 0.653. The first-order valence-corrected chi connectivity index (χ1v) is 19.7. The Morgan fingerprint density at radius 1 is 0.310 bits per heavy atom. The Morgan fingerprint density at radius 2 is 0.879 bits per heavy atom. The maximum Gasteiger partial charge on any atom is 0.235 e. The van der Waals surface area contributed by atoms with Crippen LogP contribution in [0.15, 0.2) is 206 Å². The second-order valence-electron chi connectivity index (χ2n) is 15.0. The van der Waals surface area contributed by atoms with Gasteiger partial charge in [0.1, 0.15) is 0 Å². The van der Waals surface area contributed by atoms with Crippen molar-refractivity contribution in [2.24, 2.45) is 0 Å². The standard InChI is InChI=1S/C54H34N4/c1-3-14-35(15-4-1)37-16-13-17-40(32-37)53-43-21-7-10-23-47(43)55-54(56-53)58-49-25-12-9-22-44(49)52-45-33-38(27-26-36(45)28-31-51(52)58)39-29-30-50-46(34-39)42-20-8-11-24-48(42)57(50)41-18-5-2-6-19-41/h1-34H. The summed E-state index contributed by atoms with van der Waals surface area (Å²) in [4.78, 5) is 10.7. The number of para-hydroxylation sites is 4. The summed E-state index contributed by atoms with van der Waals surface area (Å²) in [5, 5.41) is 8.27.